The summed E-state index contributed by atoms with van der Waals surface area (Å²) in [6.07, 6.45) is 0. The summed E-state index contributed by atoms with van der Waals surface area (Å²) in [7, 11) is 1.59. The van der Waals surface area contributed by atoms with E-state index in [-0.39, 0.29) is 16.0 Å². The van der Waals surface area contributed by atoms with Gasteiger partial charge in [-0.3, -0.25) is 9.59 Å². The zero-order valence-electron chi connectivity index (χ0n) is 19.0. The van der Waals surface area contributed by atoms with Crippen molar-refractivity contribution in [1.29, 1.82) is 0 Å². The SMILES string of the molecule is CN(C(=O)c1c(F)cccc1Cl)c1ccc(-c2cc(C(N)=O)ccc2Cl)cc1N1CC(C)(C)C1. The maximum Gasteiger partial charge on any atom is 0.262 e. The largest absolute Gasteiger partial charge is 0.369 e. The first kappa shape index (κ1) is 24.0. The molecule has 0 saturated carbocycles. The highest BCUT2D eigenvalue weighted by atomic mass is 35.5. The van der Waals surface area contributed by atoms with Crippen LogP contribution in [0.15, 0.2) is 54.6 Å². The first-order chi connectivity index (χ1) is 16.0. The van der Waals surface area contributed by atoms with Crippen LogP contribution in [-0.4, -0.2) is 32.0 Å². The minimum Gasteiger partial charge on any atom is -0.369 e. The molecule has 0 atom stereocenters. The summed E-state index contributed by atoms with van der Waals surface area (Å²) in [5.74, 6) is -1.78. The van der Waals surface area contributed by atoms with Crippen molar-refractivity contribution in [3.63, 3.8) is 0 Å². The molecule has 0 radical (unpaired) electrons. The lowest BCUT2D eigenvalue weighted by Gasteiger charge is -2.48. The highest BCUT2D eigenvalue weighted by molar-refractivity contribution is 6.35. The van der Waals surface area contributed by atoms with Gasteiger partial charge in [-0.05, 0) is 53.4 Å². The molecular weight excluding hydrogens is 476 g/mol. The van der Waals surface area contributed by atoms with Gasteiger partial charge in [0, 0.05) is 36.3 Å². The number of nitrogens with two attached hydrogens (primary N) is 1. The van der Waals surface area contributed by atoms with Crippen LogP contribution < -0.4 is 15.5 Å². The second-order valence-electron chi connectivity index (χ2n) is 9.24. The number of amides is 2. The molecule has 1 saturated heterocycles. The van der Waals surface area contributed by atoms with Crippen LogP contribution in [0.25, 0.3) is 11.1 Å². The Labute approximate surface area is 207 Å². The topological polar surface area (TPSA) is 66.6 Å². The summed E-state index contributed by atoms with van der Waals surface area (Å²) < 4.78 is 14.5. The van der Waals surface area contributed by atoms with E-state index in [9.17, 15) is 14.0 Å². The summed E-state index contributed by atoms with van der Waals surface area (Å²) >= 11 is 12.6. The second-order valence-corrected chi connectivity index (χ2v) is 10.1. The van der Waals surface area contributed by atoms with E-state index in [2.05, 4.69) is 18.7 Å². The Morgan fingerprint density at radius 3 is 2.35 bits per heavy atom. The van der Waals surface area contributed by atoms with Crippen LogP contribution in [-0.2, 0) is 0 Å². The van der Waals surface area contributed by atoms with Crippen molar-refractivity contribution in [1.82, 2.24) is 0 Å². The number of nitrogens with zero attached hydrogens (tertiary/aromatic N) is 2. The first-order valence-corrected chi connectivity index (χ1v) is 11.4. The molecule has 0 aliphatic carbocycles. The van der Waals surface area contributed by atoms with Crippen molar-refractivity contribution in [2.75, 3.05) is 29.9 Å². The number of halogens is 3. The summed E-state index contributed by atoms with van der Waals surface area (Å²) in [5, 5.41) is 0.519. The summed E-state index contributed by atoms with van der Waals surface area (Å²) in [5.41, 5.74) is 8.55. The third kappa shape index (κ3) is 4.48. The van der Waals surface area contributed by atoms with Crippen LogP contribution in [0.3, 0.4) is 0 Å². The molecule has 3 aromatic carbocycles. The number of primary amides is 1. The molecule has 176 valence electrons. The minimum absolute atomic E-state index is 0.0511. The third-order valence-electron chi connectivity index (χ3n) is 5.96. The molecule has 4 rings (SSSR count). The van der Waals surface area contributed by atoms with Crippen LogP contribution >= 0.6 is 23.2 Å². The van der Waals surface area contributed by atoms with Gasteiger partial charge in [0.2, 0.25) is 5.91 Å². The molecule has 1 fully saturated rings. The van der Waals surface area contributed by atoms with Gasteiger partial charge >= 0.3 is 0 Å². The zero-order valence-corrected chi connectivity index (χ0v) is 20.5. The maximum absolute atomic E-state index is 14.5. The fraction of sp³-hybridized carbons (Fsp3) is 0.231. The molecule has 2 amide bonds. The van der Waals surface area contributed by atoms with E-state index in [0.29, 0.717) is 21.8 Å². The number of anilines is 2. The lowest BCUT2D eigenvalue weighted by atomic mass is 9.83. The summed E-state index contributed by atoms with van der Waals surface area (Å²) in [4.78, 5) is 28.5. The van der Waals surface area contributed by atoms with Gasteiger partial charge in [-0.2, -0.15) is 0 Å². The van der Waals surface area contributed by atoms with Crippen molar-refractivity contribution in [2.24, 2.45) is 11.1 Å². The average Bonchev–Trinajstić information content (AvgIpc) is 2.76. The normalized spacial score (nSPS) is 14.5. The van der Waals surface area contributed by atoms with E-state index < -0.39 is 17.6 Å². The molecule has 2 N–H and O–H groups in total. The van der Waals surface area contributed by atoms with Crippen molar-refractivity contribution in [3.05, 3.63) is 81.6 Å². The third-order valence-corrected chi connectivity index (χ3v) is 6.60. The van der Waals surface area contributed by atoms with Gasteiger partial charge in [-0.1, -0.05) is 49.2 Å². The van der Waals surface area contributed by atoms with Gasteiger partial charge in [0.25, 0.3) is 5.91 Å². The zero-order chi connectivity index (χ0) is 24.8. The number of hydrogen-bond donors (Lipinski definition) is 1. The molecule has 1 aliphatic heterocycles. The van der Waals surface area contributed by atoms with E-state index >= 15 is 0 Å². The van der Waals surface area contributed by atoms with E-state index in [1.165, 1.54) is 23.1 Å². The molecule has 1 heterocycles. The van der Waals surface area contributed by atoms with Crippen molar-refractivity contribution < 1.29 is 14.0 Å². The predicted molar refractivity (Wildman–Crippen MR) is 136 cm³/mol. The molecule has 0 spiro atoms. The minimum atomic E-state index is -0.678. The number of hydrogen-bond acceptors (Lipinski definition) is 3. The molecular formula is C26H24Cl2FN3O2. The van der Waals surface area contributed by atoms with Gasteiger partial charge in [-0.25, -0.2) is 4.39 Å². The van der Waals surface area contributed by atoms with Crippen molar-refractivity contribution >= 4 is 46.4 Å². The van der Waals surface area contributed by atoms with Crippen LogP contribution in [0.2, 0.25) is 10.0 Å². The average molecular weight is 500 g/mol. The Morgan fingerprint density at radius 1 is 1.03 bits per heavy atom. The lowest BCUT2D eigenvalue weighted by molar-refractivity contribution is 0.0985. The lowest BCUT2D eigenvalue weighted by Crippen LogP contribution is -2.53. The molecule has 34 heavy (non-hydrogen) atoms. The Bertz CT molecular complexity index is 1280. The highest BCUT2D eigenvalue weighted by Gasteiger charge is 2.36. The van der Waals surface area contributed by atoms with Crippen LogP contribution in [0.4, 0.5) is 15.8 Å². The van der Waals surface area contributed by atoms with Crippen molar-refractivity contribution in [3.8, 4) is 11.1 Å². The van der Waals surface area contributed by atoms with Gasteiger partial charge in [0.05, 0.1) is 22.0 Å². The number of carbonyl (C=O) groups excluding carboxylic acids is 2. The highest BCUT2D eigenvalue weighted by Crippen LogP contribution is 2.42. The van der Waals surface area contributed by atoms with Gasteiger partial charge < -0.3 is 15.5 Å². The van der Waals surface area contributed by atoms with E-state index in [4.69, 9.17) is 28.9 Å². The van der Waals surface area contributed by atoms with E-state index in [0.717, 1.165) is 24.3 Å². The first-order valence-electron chi connectivity index (χ1n) is 10.7. The Balaban J connectivity index is 1.80. The fourth-order valence-corrected chi connectivity index (χ4v) is 4.73. The number of benzene rings is 3. The molecule has 0 aromatic heterocycles. The van der Waals surface area contributed by atoms with Crippen molar-refractivity contribution in [2.45, 2.75) is 13.8 Å². The molecule has 5 nitrogen and oxygen atoms in total. The fourth-order valence-electron chi connectivity index (χ4n) is 4.26. The quantitative estimate of drug-likeness (QED) is 0.466. The smallest absolute Gasteiger partial charge is 0.262 e. The van der Waals surface area contributed by atoms with Gasteiger partial charge in [-0.15, -0.1) is 0 Å². The van der Waals surface area contributed by atoms with E-state index in [1.807, 2.05) is 12.1 Å². The number of carbonyl (C=O) groups is 2. The van der Waals surface area contributed by atoms with Crippen LogP contribution in [0.5, 0.6) is 0 Å². The van der Waals surface area contributed by atoms with E-state index in [1.54, 1.807) is 31.3 Å². The van der Waals surface area contributed by atoms with Gasteiger partial charge in [0.1, 0.15) is 5.82 Å². The summed E-state index contributed by atoms with van der Waals surface area (Å²) in [6.45, 7) is 5.88. The molecule has 1 aliphatic rings. The molecule has 3 aromatic rings. The molecule has 0 unspecified atom stereocenters. The van der Waals surface area contributed by atoms with Gasteiger partial charge in [0.15, 0.2) is 0 Å². The van der Waals surface area contributed by atoms with Crippen LogP contribution in [0, 0.1) is 11.2 Å². The Kier molecular flexibility index (Phi) is 6.32. The Hall–Kier alpha value is -3.09. The summed E-state index contributed by atoms with van der Waals surface area (Å²) in [6, 6.07) is 14.5. The maximum atomic E-state index is 14.5. The second kappa shape index (κ2) is 8.93. The molecule has 8 heteroatoms. The number of rotatable bonds is 5. The Morgan fingerprint density at radius 2 is 1.74 bits per heavy atom. The molecule has 0 bridgehead atoms. The predicted octanol–water partition coefficient (Wildman–Crippen LogP) is 6.02. The standard InChI is InChI=1S/C26H24Cl2FN3O2/c1-26(2)13-32(14-26)22-12-15(17-11-16(24(30)33)7-9-18(17)27)8-10-21(22)31(3)25(34)23-19(28)5-4-6-20(23)29/h4-12H,13-14H2,1-3H3,(H2,30,33). The van der Waals surface area contributed by atoms with Crippen LogP contribution in [0.1, 0.15) is 34.6 Å². The monoisotopic (exact) mass is 499 g/mol.